The van der Waals surface area contributed by atoms with E-state index < -0.39 is 17.4 Å². The van der Waals surface area contributed by atoms with Crippen molar-refractivity contribution in [1.29, 1.82) is 0 Å². The smallest absolute Gasteiger partial charge is 0.302 e. The van der Waals surface area contributed by atoms with E-state index in [0.29, 0.717) is 23.5 Å². The van der Waals surface area contributed by atoms with E-state index in [1.54, 1.807) is 48.1 Å². The maximum atomic E-state index is 14.3. The van der Waals surface area contributed by atoms with E-state index in [4.69, 9.17) is 4.74 Å². The average molecular weight is 587 g/mol. The fourth-order valence-corrected chi connectivity index (χ4v) is 4.74. The maximum Gasteiger partial charge on any atom is 0.302 e. The first-order valence-corrected chi connectivity index (χ1v) is 13.0. The molecule has 4 aromatic heterocycles. The number of rotatable bonds is 8. The molecule has 1 amide bonds. The van der Waals surface area contributed by atoms with Gasteiger partial charge < -0.3 is 19.5 Å². The second-order valence-electron chi connectivity index (χ2n) is 9.85. The zero-order valence-corrected chi connectivity index (χ0v) is 23.6. The molecule has 13 nitrogen and oxygen atoms in total. The fourth-order valence-electron chi connectivity index (χ4n) is 4.74. The summed E-state index contributed by atoms with van der Waals surface area (Å²) >= 11 is 0. The first-order chi connectivity index (χ1) is 20.5. The van der Waals surface area contributed by atoms with Gasteiger partial charge in [0, 0.05) is 56.2 Å². The highest BCUT2D eigenvalue weighted by Gasteiger charge is 2.23. The highest BCUT2D eigenvalue weighted by Crippen LogP contribution is 2.29. The molecule has 0 saturated carbocycles. The number of esters is 1. The number of likely N-dealkylation sites (N-methyl/N-ethyl adjacent to an activating group) is 1. The monoisotopic (exact) mass is 586 g/mol. The molecule has 0 unspecified atom stereocenters. The van der Waals surface area contributed by atoms with Crippen LogP contribution in [0.1, 0.15) is 29.3 Å². The number of anilines is 2. The van der Waals surface area contributed by atoms with E-state index in [0.717, 1.165) is 10.4 Å². The van der Waals surface area contributed by atoms with Crippen LogP contribution in [0.15, 0.2) is 59.5 Å². The Morgan fingerprint density at radius 2 is 1.95 bits per heavy atom. The van der Waals surface area contributed by atoms with Gasteiger partial charge in [0.25, 0.3) is 11.1 Å². The number of carbonyl (C=O) groups is 2. The summed E-state index contributed by atoms with van der Waals surface area (Å²) in [6.45, 7) is 8.24. The third-order valence-electron chi connectivity index (χ3n) is 6.88. The molecule has 43 heavy (non-hydrogen) atoms. The summed E-state index contributed by atoms with van der Waals surface area (Å²) in [7, 11) is 3.27. The number of halogens is 1. The fraction of sp³-hybridized carbons (Fsp3) is 0.207. The summed E-state index contributed by atoms with van der Waals surface area (Å²) in [5.41, 5.74) is 0.833. The van der Waals surface area contributed by atoms with Gasteiger partial charge >= 0.3 is 5.97 Å². The van der Waals surface area contributed by atoms with Gasteiger partial charge in [0.05, 0.1) is 24.0 Å². The van der Waals surface area contributed by atoms with Crippen LogP contribution < -0.4 is 16.4 Å². The molecule has 0 radical (unpaired) electrons. The molecule has 0 atom stereocenters. The highest BCUT2D eigenvalue weighted by atomic mass is 19.1. The quantitative estimate of drug-likeness (QED) is 0.308. The number of carbonyl (C=O) groups excluding carboxylic acids is 2. The van der Waals surface area contributed by atoms with Crippen molar-refractivity contribution in [3.8, 4) is 16.9 Å². The van der Waals surface area contributed by atoms with E-state index in [9.17, 15) is 23.6 Å². The number of ether oxygens (including phenoxy) is 1. The van der Waals surface area contributed by atoms with Crippen LogP contribution in [-0.2, 0) is 41.1 Å². The zero-order valence-electron chi connectivity index (χ0n) is 23.6. The molecule has 1 aliphatic rings. The van der Waals surface area contributed by atoms with Crippen LogP contribution in [0.25, 0.3) is 28.8 Å². The van der Waals surface area contributed by atoms with Gasteiger partial charge in [-0.1, -0.05) is 19.2 Å². The zero-order chi connectivity index (χ0) is 31.0. The first-order valence-electron chi connectivity index (χ1n) is 13.0. The Morgan fingerprint density at radius 1 is 1.19 bits per heavy atom. The van der Waals surface area contributed by atoms with Crippen molar-refractivity contribution in [3.63, 3.8) is 0 Å². The number of aryl methyl sites for hydroxylation is 1. The molecule has 220 valence electrons. The molecule has 0 fully saturated rings. The van der Waals surface area contributed by atoms with E-state index in [1.807, 2.05) is 0 Å². The van der Waals surface area contributed by atoms with Crippen LogP contribution in [0.2, 0.25) is 0 Å². The molecule has 4 aromatic rings. The second-order valence-corrected chi connectivity index (χ2v) is 9.85. The largest absolute Gasteiger partial charge is 0.461 e. The molecule has 0 bridgehead atoms. The van der Waals surface area contributed by atoms with Crippen LogP contribution in [0.4, 0.5) is 15.9 Å². The lowest BCUT2D eigenvalue weighted by Gasteiger charge is -2.22. The Kier molecular flexibility index (Phi) is 7.59. The topological polar surface area (TPSA) is 146 Å². The van der Waals surface area contributed by atoms with Gasteiger partial charge in [-0.05, 0) is 17.7 Å². The number of pyridine rings is 2. The Morgan fingerprint density at radius 3 is 2.65 bits per heavy atom. The Bertz CT molecular complexity index is 1940. The molecule has 0 saturated heterocycles. The van der Waals surface area contributed by atoms with Crippen LogP contribution in [0.3, 0.4) is 0 Å². The molecule has 1 N–H and O–H groups in total. The van der Waals surface area contributed by atoms with Gasteiger partial charge in [-0.15, -0.1) is 0 Å². The molecule has 0 aliphatic carbocycles. The summed E-state index contributed by atoms with van der Waals surface area (Å²) < 4.78 is 23.4. The summed E-state index contributed by atoms with van der Waals surface area (Å²) in [5, 5.41) is 11.6. The predicted molar refractivity (Wildman–Crippen MR) is 156 cm³/mol. The second kappa shape index (κ2) is 11.3. The van der Waals surface area contributed by atoms with Crippen molar-refractivity contribution in [2.45, 2.75) is 26.6 Å². The molecule has 1 aliphatic heterocycles. The average Bonchev–Trinajstić information content (AvgIpc) is 3.34. The van der Waals surface area contributed by atoms with Crippen molar-refractivity contribution in [2.75, 3.05) is 12.4 Å². The van der Waals surface area contributed by atoms with Crippen LogP contribution in [0.5, 0.6) is 0 Å². The summed E-state index contributed by atoms with van der Waals surface area (Å²) in [6.07, 6.45) is 5.52. The lowest BCUT2D eigenvalue weighted by molar-refractivity contribution is -0.142. The Hall–Kier alpha value is -5.66. The standard InChI is InChI=1S/C29H27FN8O5/c1-6-18-11-32-38(29(42)26(18)16(2)30)27-22(15-43-17(3)39)21(7-8-31-27)19-9-23(28(41)36(5)12-19)33-24-10-20-13-35(4)25(40)14-37(20)34-24/h6-12H,1-2,13-15H2,3-5H3,(H,33,34). The third kappa shape index (κ3) is 5.49. The van der Waals surface area contributed by atoms with Crippen molar-refractivity contribution >= 4 is 35.3 Å². The highest BCUT2D eigenvalue weighted by molar-refractivity contribution is 5.77. The molecule has 0 spiro atoms. The Labute approximate surface area is 244 Å². The number of hydrogen-bond acceptors (Lipinski definition) is 9. The maximum absolute atomic E-state index is 14.3. The van der Waals surface area contributed by atoms with Crippen molar-refractivity contribution in [2.24, 2.45) is 7.05 Å². The minimum Gasteiger partial charge on any atom is -0.461 e. The summed E-state index contributed by atoms with van der Waals surface area (Å²) in [6, 6.07) is 4.97. The molecule has 14 heteroatoms. The SMILES string of the molecule is C=Cc1cnn(-c2nccc(-c3cc(Nc4cc5n(n4)CC(=O)N(C)C5)c(=O)n(C)c3)c2COC(C)=O)c(=O)c1C(=C)F. The minimum atomic E-state index is -0.973. The van der Waals surface area contributed by atoms with Crippen LogP contribution in [0, 0.1) is 0 Å². The number of nitrogens with one attached hydrogen (secondary N) is 1. The van der Waals surface area contributed by atoms with Gasteiger partial charge in [-0.25, -0.2) is 9.37 Å². The number of hydrogen-bond donors (Lipinski definition) is 1. The van der Waals surface area contributed by atoms with Crippen molar-refractivity contribution in [1.82, 2.24) is 34.0 Å². The van der Waals surface area contributed by atoms with E-state index in [-0.39, 0.29) is 52.8 Å². The number of nitrogens with zero attached hydrogens (tertiary/aromatic N) is 7. The van der Waals surface area contributed by atoms with Gasteiger partial charge in [0.2, 0.25) is 5.91 Å². The van der Waals surface area contributed by atoms with Crippen molar-refractivity contribution < 1.29 is 18.7 Å². The van der Waals surface area contributed by atoms with E-state index in [2.05, 4.69) is 33.7 Å². The summed E-state index contributed by atoms with van der Waals surface area (Å²) in [5.74, 6) is -1.28. The minimum absolute atomic E-state index is 0.0132. The first kappa shape index (κ1) is 28.9. The predicted octanol–water partition coefficient (Wildman–Crippen LogP) is 2.55. The molecular formula is C29H27FN8O5. The lowest BCUT2D eigenvalue weighted by Crippen LogP contribution is -2.36. The van der Waals surface area contributed by atoms with Gasteiger partial charge in [-0.3, -0.25) is 23.9 Å². The van der Waals surface area contributed by atoms with Crippen LogP contribution in [-0.4, -0.2) is 52.9 Å². The van der Waals surface area contributed by atoms with Gasteiger partial charge in [0.15, 0.2) is 11.6 Å². The van der Waals surface area contributed by atoms with Gasteiger partial charge in [-0.2, -0.15) is 14.9 Å². The van der Waals surface area contributed by atoms with Crippen molar-refractivity contribution in [3.05, 3.63) is 93.0 Å². The summed E-state index contributed by atoms with van der Waals surface area (Å²) in [4.78, 5) is 56.2. The number of aromatic nitrogens is 6. The molecule has 5 heterocycles. The number of amides is 1. The normalized spacial score (nSPS) is 12.6. The van der Waals surface area contributed by atoms with E-state index in [1.165, 1.54) is 30.0 Å². The van der Waals surface area contributed by atoms with Gasteiger partial charge in [0.1, 0.15) is 24.7 Å². The number of fused-ring (bicyclic) bond motifs is 1. The van der Waals surface area contributed by atoms with E-state index >= 15 is 0 Å². The van der Waals surface area contributed by atoms with Crippen LogP contribution >= 0.6 is 0 Å². The molecule has 0 aromatic carbocycles. The Balaban J connectivity index is 1.64. The third-order valence-corrected chi connectivity index (χ3v) is 6.88. The lowest BCUT2D eigenvalue weighted by atomic mass is 10.0. The molecule has 5 rings (SSSR count). The molecular weight excluding hydrogens is 559 g/mol.